The van der Waals surface area contributed by atoms with Crippen molar-refractivity contribution in [2.45, 2.75) is 40.2 Å². The number of aliphatic hydroxyl groups is 1. The number of hydrogen-bond donors (Lipinski definition) is 1. The summed E-state index contributed by atoms with van der Waals surface area (Å²) in [7, 11) is 0. The van der Waals surface area contributed by atoms with Crippen LogP contribution in [-0.2, 0) is 0 Å². The van der Waals surface area contributed by atoms with Gasteiger partial charge in [-0.05, 0) is 57.6 Å². The van der Waals surface area contributed by atoms with Crippen molar-refractivity contribution in [2.24, 2.45) is 0 Å². The van der Waals surface area contributed by atoms with Gasteiger partial charge >= 0.3 is 0 Å². The van der Waals surface area contributed by atoms with Crippen LogP contribution in [0.1, 0.15) is 45.8 Å². The van der Waals surface area contributed by atoms with Crippen molar-refractivity contribution >= 4 is 5.69 Å². The SMILES string of the molecule is CCN(CC)CCCN(CC)c1ccc([C@H](C)O)cc1. The monoisotopic (exact) mass is 278 g/mol. The number of hydrogen-bond acceptors (Lipinski definition) is 3. The van der Waals surface area contributed by atoms with Gasteiger partial charge in [-0.3, -0.25) is 0 Å². The van der Waals surface area contributed by atoms with Crippen LogP contribution in [0.4, 0.5) is 5.69 Å². The Labute approximate surface area is 124 Å². The van der Waals surface area contributed by atoms with Crippen LogP contribution < -0.4 is 4.90 Å². The topological polar surface area (TPSA) is 26.7 Å². The molecule has 3 heteroatoms. The predicted octanol–water partition coefficient (Wildman–Crippen LogP) is 3.30. The van der Waals surface area contributed by atoms with Crippen LogP contribution in [0.15, 0.2) is 24.3 Å². The molecule has 0 saturated carbocycles. The fraction of sp³-hybridized carbons (Fsp3) is 0.647. The predicted molar refractivity (Wildman–Crippen MR) is 87.4 cm³/mol. The molecule has 1 aromatic carbocycles. The van der Waals surface area contributed by atoms with E-state index in [0.717, 1.165) is 38.3 Å². The second-order valence-electron chi connectivity index (χ2n) is 5.23. The molecule has 0 heterocycles. The van der Waals surface area contributed by atoms with Crippen molar-refractivity contribution < 1.29 is 5.11 Å². The average molecular weight is 278 g/mol. The number of nitrogens with zero attached hydrogens (tertiary/aromatic N) is 2. The van der Waals surface area contributed by atoms with Crippen LogP contribution >= 0.6 is 0 Å². The molecule has 0 aliphatic heterocycles. The molecule has 0 aliphatic carbocycles. The van der Waals surface area contributed by atoms with Gasteiger partial charge in [0.1, 0.15) is 0 Å². The normalized spacial score (nSPS) is 12.7. The standard InChI is InChI=1S/C17H30N2O/c1-5-18(6-2)13-8-14-19(7-3)17-11-9-16(10-12-17)15(4)20/h9-12,15,20H,5-8,13-14H2,1-4H3/t15-/m0/s1. The lowest BCUT2D eigenvalue weighted by Gasteiger charge is -2.25. The first-order valence-corrected chi connectivity index (χ1v) is 7.87. The summed E-state index contributed by atoms with van der Waals surface area (Å²) in [4.78, 5) is 4.86. The van der Waals surface area contributed by atoms with Crippen molar-refractivity contribution in [3.05, 3.63) is 29.8 Å². The van der Waals surface area contributed by atoms with E-state index in [-0.39, 0.29) is 6.10 Å². The maximum absolute atomic E-state index is 9.55. The molecule has 3 nitrogen and oxygen atoms in total. The molecule has 114 valence electrons. The maximum Gasteiger partial charge on any atom is 0.0761 e. The van der Waals surface area contributed by atoms with E-state index in [0.29, 0.717) is 0 Å². The minimum absolute atomic E-state index is 0.387. The molecule has 0 aliphatic rings. The Bertz CT molecular complexity index is 358. The van der Waals surface area contributed by atoms with E-state index in [1.807, 2.05) is 12.1 Å². The van der Waals surface area contributed by atoms with E-state index in [1.165, 1.54) is 12.1 Å². The van der Waals surface area contributed by atoms with E-state index >= 15 is 0 Å². The number of anilines is 1. The lowest BCUT2D eigenvalue weighted by Crippen LogP contribution is -2.29. The van der Waals surface area contributed by atoms with E-state index in [4.69, 9.17) is 0 Å². The van der Waals surface area contributed by atoms with E-state index in [9.17, 15) is 5.11 Å². The van der Waals surface area contributed by atoms with Crippen LogP contribution in [0.2, 0.25) is 0 Å². The molecule has 0 unspecified atom stereocenters. The van der Waals surface area contributed by atoms with Gasteiger partial charge in [0.25, 0.3) is 0 Å². The maximum atomic E-state index is 9.55. The first kappa shape index (κ1) is 17.0. The summed E-state index contributed by atoms with van der Waals surface area (Å²) in [5, 5.41) is 9.55. The number of benzene rings is 1. The van der Waals surface area contributed by atoms with Gasteiger partial charge in [0, 0.05) is 18.8 Å². The number of rotatable bonds is 9. The van der Waals surface area contributed by atoms with Crippen LogP contribution in [0, 0.1) is 0 Å². The van der Waals surface area contributed by atoms with Crippen molar-refractivity contribution in [1.29, 1.82) is 0 Å². The Morgan fingerprint density at radius 3 is 2.00 bits per heavy atom. The highest BCUT2D eigenvalue weighted by atomic mass is 16.3. The van der Waals surface area contributed by atoms with Gasteiger partial charge in [0.15, 0.2) is 0 Å². The third kappa shape index (κ3) is 5.14. The molecule has 20 heavy (non-hydrogen) atoms. The highest BCUT2D eigenvalue weighted by Gasteiger charge is 2.07. The van der Waals surface area contributed by atoms with Gasteiger partial charge in [-0.25, -0.2) is 0 Å². The second kappa shape index (κ2) is 8.98. The highest BCUT2D eigenvalue weighted by molar-refractivity contribution is 5.47. The smallest absolute Gasteiger partial charge is 0.0761 e. The second-order valence-corrected chi connectivity index (χ2v) is 5.23. The molecule has 0 saturated heterocycles. The molecule has 0 aromatic heterocycles. The summed E-state index contributed by atoms with van der Waals surface area (Å²) < 4.78 is 0. The molecule has 0 spiro atoms. The van der Waals surface area contributed by atoms with Crippen LogP contribution in [-0.4, -0.2) is 42.7 Å². The summed E-state index contributed by atoms with van der Waals surface area (Å²) in [6.45, 7) is 14.0. The van der Waals surface area contributed by atoms with Crippen molar-refractivity contribution in [1.82, 2.24) is 4.90 Å². The summed E-state index contributed by atoms with van der Waals surface area (Å²) in [5.41, 5.74) is 2.23. The summed E-state index contributed by atoms with van der Waals surface area (Å²) in [6, 6.07) is 8.27. The van der Waals surface area contributed by atoms with Gasteiger partial charge < -0.3 is 14.9 Å². The molecule has 1 aromatic rings. The Morgan fingerprint density at radius 1 is 0.950 bits per heavy atom. The zero-order chi connectivity index (χ0) is 15.0. The quantitative estimate of drug-likeness (QED) is 0.751. The summed E-state index contributed by atoms with van der Waals surface area (Å²) >= 11 is 0. The van der Waals surface area contributed by atoms with Crippen LogP contribution in [0.25, 0.3) is 0 Å². The fourth-order valence-electron chi connectivity index (χ4n) is 2.46. The first-order chi connectivity index (χ1) is 9.62. The van der Waals surface area contributed by atoms with Crippen molar-refractivity contribution in [2.75, 3.05) is 37.6 Å². The summed E-state index contributed by atoms with van der Waals surface area (Å²) in [5.74, 6) is 0. The Hall–Kier alpha value is -1.06. The molecule has 0 amide bonds. The molecule has 0 bridgehead atoms. The van der Waals surface area contributed by atoms with Gasteiger partial charge in [-0.2, -0.15) is 0 Å². The van der Waals surface area contributed by atoms with Crippen molar-refractivity contribution in [3.8, 4) is 0 Å². The molecule has 1 N–H and O–H groups in total. The van der Waals surface area contributed by atoms with E-state index in [1.54, 1.807) is 6.92 Å². The minimum atomic E-state index is -0.387. The molecular weight excluding hydrogens is 248 g/mol. The first-order valence-electron chi connectivity index (χ1n) is 7.87. The van der Waals surface area contributed by atoms with Crippen LogP contribution in [0.3, 0.4) is 0 Å². The minimum Gasteiger partial charge on any atom is -0.389 e. The van der Waals surface area contributed by atoms with Gasteiger partial charge in [-0.15, -0.1) is 0 Å². The third-order valence-corrected chi connectivity index (χ3v) is 3.92. The molecule has 0 fully saturated rings. The zero-order valence-electron chi connectivity index (χ0n) is 13.5. The van der Waals surface area contributed by atoms with Gasteiger partial charge in [-0.1, -0.05) is 26.0 Å². The Morgan fingerprint density at radius 2 is 1.55 bits per heavy atom. The van der Waals surface area contributed by atoms with Crippen molar-refractivity contribution in [3.63, 3.8) is 0 Å². The summed E-state index contributed by atoms with van der Waals surface area (Å²) in [6.07, 6.45) is 0.801. The highest BCUT2D eigenvalue weighted by Crippen LogP contribution is 2.19. The van der Waals surface area contributed by atoms with Gasteiger partial charge in [0.05, 0.1) is 6.10 Å². The van der Waals surface area contributed by atoms with E-state index in [2.05, 4.69) is 42.7 Å². The molecule has 0 radical (unpaired) electrons. The van der Waals surface area contributed by atoms with E-state index < -0.39 is 0 Å². The van der Waals surface area contributed by atoms with Gasteiger partial charge in [0.2, 0.25) is 0 Å². The third-order valence-electron chi connectivity index (χ3n) is 3.92. The Balaban J connectivity index is 2.53. The zero-order valence-corrected chi connectivity index (χ0v) is 13.5. The lowest BCUT2D eigenvalue weighted by molar-refractivity contribution is 0.199. The lowest BCUT2D eigenvalue weighted by atomic mass is 10.1. The fourth-order valence-corrected chi connectivity index (χ4v) is 2.46. The largest absolute Gasteiger partial charge is 0.389 e. The number of aliphatic hydroxyl groups excluding tert-OH is 1. The average Bonchev–Trinajstić information content (AvgIpc) is 2.48. The molecular formula is C17H30N2O. The van der Waals surface area contributed by atoms with Crippen LogP contribution in [0.5, 0.6) is 0 Å². The Kier molecular flexibility index (Phi) is 7.63. The molecule has 1 rings (SSSR count). The molecule has 1 atom stereocenters.